The van der Waals surface area contributed by atoms with Crippen molar-refractivity contribution in [3.05, 3.63) is 90.0 Å². The van der Waals surface area contributed by atoms with Gasteiger partial charge in [0.1, 0.15) is 11.5 Å². The SMILES string of the molecule is CC(C)CN(CC[C@H](Cc1ccccc1)NC(=O)C(C)NC(=O)CNC(C)(C)c1ccccc1)Sc1ccc2c(c1)SC(N)N2. The third kappa shape index (κ3) is 11.1. The van der Waals surface area contributed by atoms with E-state index in [4.69, 9.17) is 5.73 Å². The first kappa shape index (κ1) is 34.8. The Morgan fingerprint density at radius 2 is 1.69 bits per heavy atom. The van der Waals surface area contributed by atoms with Gasteiger partial charge in [-0.25, -0.2) is 4.31 Å². The summed E-state index contributed by atoms with van der Waals surface area (Å²) in [6.07, 6.45) is 1.47. The molecule has 1 aliphatic heterocycles. The van der Waals surface area contributed by atoms with Gasteiger partial charge >= 0.3 is 0 Å². The lowest BCUT2D eigenvalue weighted by Crippen LogP contribution is -2.52. The van der Waals surface area contributed by atoms with Crippen LogP contribution in [0, 0.1) is 5.92 Å². The van der Waals surface area contributed by atoms with E-state index < -0.39 is 6.04 Å². The molecular weight excluding hydrogens is 601 g/mol. The average molecular weight is 649 g/mol. The maximum Gasteiger partial charge on any atom is 0.242 e. The fourth-order valence-corrected chi connectivity index (χ4v) is 7.34. The second-order valence-electron chi connectivity index (χ2n) is 12.5. The summed E-state index contributed by atoms with van der Waals surface area (Å²) in [4.78, 5) is 28.5. The molecule has 0 bridgehead atoms. The van der Waals surface area contributed by atoms with Crippen molar-refractivity contribution < 1.29 is 9.59 Å². The summed E-state index contributed by atoms with van der Waals surface area (Å²) >= 11 is 3.38. The number of benzene rings is 3. The van der Waals surface area contributed by atoms with Crippen molar-refractivity contribution in [3.63, 3.8) is 0 Å². The largest absolute Gasteiger partial charge is 0.360 e. The number of hydrogen-bond acceptors (Lipinski definition) is 8. The van der Waals surface area contributed by atoms with Crippen LogP contribution >= 0.6 is 23.7 Å². The third-order valence-corrected chi connectivity index (χ3v) is 9.68. The van der Waals surface area contributed by atoms with Crippen LogP contribution in [0.1, 0.15) is 52.2 Å². The fraction of sp³-hybridized carbons (Fsp3) is 0.429. The summed E-state index contributed by atoms with van der Waals surface area (Å²) in [6, 6.07) is 25.9. The van der Waals surface area contributed by atoms with Gasteiger partial charge < -0.3 is 21.7 Å². The molecule has 0 saturated heterocycles. The van der Waals surface area contributed by atoms with Crippen molar-refractivity contribution in [1.82, 2.24) is 20.3 Å². The lowest BCUT2D eigenvalue weighted by molar-refractivity contribution is -0.128. The van der Waals surface area contributed by atoms with Crippen LogP contribution in [0.15, 0.2) is 88.7 Å². The van der Waals surface area contributed by atoms with E-state index in [1.54, 1.807) is 30.6 Å². The monoisotopic (exact) mass is 648 g/mol. The maximum absolute atomic E-state index is 13.4. The molecule has 3 aromatic rings. The number of thioether (sulfide) groups is 1. The molecule has 45 heavy (non-hydrogen) atoms. The summed E-state index contributed by atoms with van der Waals surface area (Å²) in [5.41, 5.74) is 8.90. The van der Waals surface area contributed by atoms with Crippen LogP contribution < -0.4 is 27.0 Å². The number of fused-ring (bicyclic) bond motifs is 1. The van der Waals surface area contributed by atoms with Gasteiger partial charge in [0.2, 0.25) is 11.8 Å². The molecule has 6 N–H and O–H groups in total. The summed E-state index contributed by atoms with van der Waals surface area (Å²) in [7, 11) is 0. The second kappa shape index (κ2) is 16.5. The van der Waals surface area contributed by atoms with E-state index in [0.29, 0.717) is 12.3 Å². The van der Waals surface area contributed by atoms with Gasteiger partial charge in [-0.05, 0) is 80.8 Å². The van der Waals surface area contributed by atoms with Crippen molar-refractivity contribution in [2.45, 2.75) is 80.4 Å². The first-order chi connectivity index (χ1) is 21.5. The molecule has 0 fully saturated rings. The predicted molar refractivity (Wildman–Crippen MR) is 188 cm³/mol. The Labute approximate surface area is 277 Å². The summed E-state index contributed by atoms with van der Waals surface area (Å²) in [5, 5.41) is 12.7. The minimum Gasteiger partial charge on any atom is -0.360 e. The number of nitrogens with one attached hydrogen (secondary N) is 4. The second-order valence-corrected chi connectivity index (χ2v) is 14.9. The van der Waals surface area contributed by atoms with Crippen molar-refractivity contribution in [3.8, 4) is 0 Å². The number of nitrogens with two attached hydrogens (primary N) is 1. The molecule has 10 heteroatoms. The molecule has 0 aliphatic carbocycles. The fourth-order valence-electron chi connectivity index (χ4n) is 5.19. The number of rotatable bonds is 16. The molecule has 0 spiro atoms. The number of carbonyl (C=O) groups excluding carboxylic acids is 2. The average Bonchev–Trinajstić information content (AvgIpc) is 3.38. The van der Waals surface area contributed by atoms with Gasteiger partial charge in [0.05, 0.1) is 6.54 Å². The lowest BCUT2D eigenvalue weighted by atomic mass is 9.94. The quantitative estimate of drug-likeness (QED) is 0.129. The molecule has 3 atom stereocenters. The van der Waals surface area contributed by atoms with E-state index in [-0.39, 0.29) is 35.4 Å². The number of nitrogens with zero attached hydrogens (tertiary/aromatic N) is 1. The molecule has 1 aliphatic rings. The van der Waals surface area contributed by atoms with Crippen LogP contribution in [0.25, 0.3) is 0 Å². The molecule has 2 amide bonds. The standard InChI is InChI=1S/C35H48N6O2S2/c1-24(2)23-41(45-29-16-17-30-31(21-29)44-34(36)40-30)19-18-28(20-26-12-8-6-9-13-26)39-33(43)25(3)38-32(42)22-37-35(4,5)27-14-10-7-11-15-27/h6-17,21,24-25,28,34,37,40H,18-20,22-23,36H2,1-5H3,(H,38,42)(H,39,43)/t25?,28-,34?/m1/s1. The Kier molecular flexibility index (Phi) is 12.8. The number of anilines is 1. The van der Waals surface area contributed by atoms with Gasteiger partial charge in [0.15, 0.2) is 0 Å². The molecule has 0 radical (unpaired) electrons. The number of carbonyl (C=O) groups is 2. The molecular formula is C35H48N6O2S2. The van der Waals surface area contributed by atoms with Gasteiger partial charge in [0, 0.05) is 40.1 Å². The molecule has 4 rings (SSSR count). The molecule has 0 saturated carbocycles. The topological polar surface area (TPSA) is 112 Å². The maximum atomic E-state index is 13.4. The zero-order chi connectivity index (χ0) is 32.4. The van der Waals surface area contributed by atoms with E-state index >= 15 is 0 Å². The first-order valence-electron chi connectivity index (χ1n) is 15.7. The van der Waals surface area contributed by atoms with Crippen molar-refractivity contribution in [1.29, 1.82) is 0 Å². The number of amides is 2. The zero-order valence-corrected chi connectivity index (χ0v) is 28.6. The van der Waals surface area contributed by atoms with Crippen LogP contribution in [-0.4, -0.2) is 53.3 Å². The molecule has 1 heterocycles. The minimum atomic E-state index is -0.664. The van der Waals surface area contributed by atoms with Gasteiger partial charge in [-0.2, -0.15) is 0 Å². The predicted octanol–water partition coefficient (Wildman–Crippen LogP) is 5.56. The Morgan fingerprint density at radius 1 is 1.00 bits per heavy atom. The highest BCUT2D eigenvalue weighted by Gasteiger charge is 2.24. The highest BCUT2D eigenvalue weighted by Crippen LogP contribution is 2.39. The Morgan fingerprint density at radius 3 is 2.38 bits per heavy atom. The van der Waals surface area contributed by atoms with Crippen molar-refractivity contribution >= 4 is 41.2 Å². The molecule has 8 nitrogen and oxygen atoms in total. The summed E-state index contributed by atoms with van der Waals surface area (Å²) in [6.45, 7) is 12.1. The van der Waals surface area contributed by atoms with E-state index in [0.717, 1.165) is 36.3 Å². The van der Waals surface area contributed by atoms with Gasteiger partial charge in [-0.3, -0.25) is 14.9 Å². The number of hydrogen-bond donors (Lipinski definition) is 5. The van der Waals surface area contributed by atoms with Crippen molar-refractivity contribution in [2.24, 2.45) is 11.7 Å². The molecule has 0 aromatic heterocycles. The molecule has 3 aromatic carbocycles. The molecule has 242 valence electrons. The lowest BCUT2D eigenvalue weighted by Gasteiger charge is -2.28. The normalized spacial score (nSPS) is 15.8. The zero-order valence-electron chi connectivity index (χ0n) is 27.0. The van der Waals surface area contributed by atoms with E-state index in [1.807, 2.05) is 62.4 Å². The smallest absolute Gasteiger partial charge is 0.242 e. The highest BCUT2D eigenvalue weighted by molar-refractivity contribution is 8.00. The van der Waals surface area contributed by atoms with E-state index in [2.05, 4.69) is 69.8 Å². The Bertz CT molecular complexity index is 1390. The third-order valence-electron chi connectivity index (χ3n) is 7.66. The van der Waals surface area contributed by atoms with E-state index in [1.165, 1.54) is 9.79 Å². The summed E-state index contributed by atoms with van der Waals surface area (Å²) in [5.74, 6) is 0.0767. The van der Waals surface area contributed by atoms with Crippen LogP contribution in [0.2, 0.25) is 0 Å². The minimum absolute atomic E-state index is 0.0950. The highest BCUT2D eigenvalue weighted by atomic mass is 32.2. The van der Waals surface area contributed by atoms with Crippen LogP contribution in [0.4, 0.5) is 5.69 Å². The van der Waals surface area contributed by atoms with Crippen LogP contribution in [0.5, 0.6) is 0 Å². The van der Waals surface area contributed by atoms with Gasteiger partial charge in [-0.15, -0.1) is 0 Å². The van der Waals surface area contributed by atoms with Gasteiger partial charge in [0.25, 0.3) is 0 Å². The van der Waals surface area contributed by atoms with E-state index in [9.17, 15) is 9.59 Å². The Hall–Kier alpha value is -3.02. The van der Waals surface area contributed by atoms with Crippen LogP contribution in [0.3, 0.4) is 0 Å². The van der Waals surface area contributed by atoms with Crippen LogP contribution in [-0.2, 0) is 21.5 Å². The van der Waals surface area contributed by atoms with Gasteiger partial charge in [-0.1, -0.05) is 86.3 Å². The summed E-state index contributed by atoms with van der Waals surface area (Å²) < 4.78 is 2.38. The van der Waals surface area contributed by atoms with Crippen molar-refractivity contribution in [2.75, 3.05) is 25.0 Å². The molecule has 2 unspecified atom stereocenters. The Balaban J connectivity index is 1.35. The first-order valence-corrected chi connectivity index (χ1v) is 17.3.